The highest BCUT2D eigenvalue weighted by molar-refractivity contribution is 6.32. The fourth-order valence-electron chi connectivity index (χ4n) is 2.06. The smallest absolute Gasteiger partial charge is 0.387 e. The van der Waals surface area contributed by atoms with E-state index >= 15 is 0 Å². The van der Waals surface area contributed by atoms with Gasteiger partial charge in [0.1, 0.15) is 13.6 Å². The highest BCUT2D eigenvalue weighted by Crippen LogP contribution is 2.27. The fourth-order valence-corrected chi connectivity index (χ4v) is 2.06. The summed E-state index contributed by atoms with van der Waals surface area (Å²) in [5.74, 6) is 0.195. The zero-order chi connectivity index (χ0) is 14.7. The molecule has 4 heteroatoms. The minimum absolute atomic E-state index is 0.195. The molecule has 0 amide bonds. The van der Waals surface area contributed by atoms with Gasteiger partial charge in [0.2, 0.25) is 0 Å². The van der Waals surface area contributed by atoms with Crippen molar-refractivity contribution >= 4 is 18.9 Å². The Balaban J connectivity index is 2.30. The van der Waals surface area contributed by atoms with Gasteiger partial charge in [0.15, 0.2) is 0 Å². The molecule has 0 heterocycles. The molecule has 20 heavy (non-hydrogen) atoms. The van der Waals surface area contributed by atoms with E-state index in [1.165, 1.54) is 0 Å². The molecule has 102 valence electrons. The first-order valence-corrected chi connectivity index (χ1v) is 6.29. The molecule has 0 saturated heterocycles. The lowest BCUT2D eigenvalue weighted by Gasteiger charge is -2.12. The Morgan fingerprint density at radius 2 is 1.85 bits per heavy atom. The van der Waals surface area contributed by atoms with Crippen LogP contribution in [0.1, 0.15) is 16.7 Å². The van der Waals surface area contributed by atoms with Gasteiger partial charge in [0, 0.05) is 0 Å². The van der Waals surface area contributed by atoms with Gasteiger partial charge in [0.25, 0.3) is 0 Å². The molecular weight excluding hydrogens is 257 g/mol. The van der Waals surface area contributed by atoms with Gasteiger partial charge >= 0.3 is 6.61 Å². The summed E-state index contributed by atoms with van der Waals surface area (Å²) in [7, 11) is 2.02. The van der Waals surface area contributed by atoms with Gasteiger partial charge in [-0.3, -0.25) is 0 Å². The molecule has 0 saturated carbocycles. The molecular formula is C16H15BF2O. The van der Waals surface area contributed by atoms with E-state index in [-0.39, 0.29) is 5.75 Å². The van der Waals surface area contributed by atoms with Gasteiger partial charge in [-0.2, -0.15) is 8.78 Å². The van der Waals surface area contributed by atoms with Crippen molar-refractivity contribution in [2.75, 3.05) is 0 Å². The van der Waals surface area contributed by atoms with E-state index in [2.05, 4.69) is 11.3 Å². The van der Waals surface area contributed by atoms with Crippen LogP contribution in [0.3, 0.4) is 0 Å². The first kappa shape index (κ1) is 14.3. The molecule has 0 aliphatic heterocycles. The summed E-state index contributed by atoms with van der Waals surface area (Å²) >= 11 is 0. The molecule has 2 aromatic carbocycles. The van der Waals surface area contributed by atoms with E-state index in [9.17, 15) is 8.78 Å². The SMILES string of the molecule is Bc1cccc(C(=C)c2ccc(OC(F)F)c(C)c2)c1. The van der Waals surface area contributed by atoms with E-state index in [0.717, 1.165) is 22.2 Å². The second kappa shape index (κ2) is 5.91. The molecule has 2 aromatic rings. The zero-order valence-corrected chi connectivity index (χ0v) is 11.5. The number of aryl methyl sites for hydroxylation is 1. The van der Waals surface area contributed by atoms with E-state index < -0.39 is 6.61 Å². The lowest BCUT2D eigenvalue weighted by atomic mass is 9.90. The van der Waals surface area contributed by atoms with Crippen LogP contribution in [0.4, 0.5) is 8.78 Å². The molecule has 1 nitrogen and oxygen atoms in total. The van der Waals surface area contributed by atoms with Gasteiger partial charge in [-0.15, -0.1) is 0 Å². The molecule has 0 spiro atoms. The molecule has 0 bridgehead atoms. The molecule has 0 fully saturated rings. The molecule has 0 unspecified atom stereocenters. The Bertz CT molecular complexity index is 638. The molecule has 0 radical (unpaired) electrons. The van der Waals surface area contributed by atoms with Crippen LogP contribution < -0.4 is 10.2 Å². The van der Waals surface area contributed by atoms with Crippen LogP contribution in [-0.2, 0) is 0 Å². The minimum Gasteiger partial charge on any atom is -0.435 e. The number of benzene rings is 2. The number of hydrogen-bond donors (Lipinski definition) is 0. The van der Waals surface area contributed by atoms with E-state index in [1.807, 2.05) is 38.2 Å². The van der Waals surface area contributed by atoms with Crippen molar-refractivity contribution in [3.8, 4) is 5.75 Å². The van der Waals surface area contributed by atoms with Crippen molar-refractivity contribution in [3.05, 3.63) is 65.7 Å². The Labute approximate surface area is 118 Å². The average Bonchev–Trinajstić information content (AvgIpc) is 2.40. The number of ether oxygens (including phenoxy) is 1. The van der Waals surface area contributed by atoms with Crippen molar-refractivity contribution < 1.29 is 13.5 Å². The maximum Gasteiger partial charge on any atom is 0.387 e. The third kappa shape index (κ3) is 3.26. The maximum absolute atomic E-state index is 12.2. The van der Waals surface area contributed by atoms with Crippen molar-refractivity contribution in [1.82, 2.24) is 0 Å². The lowest BCUT2D eigenvalue weighted by Crippen LogP contribution is -2.04. The summed E-state index contributed by atoms with van der Waals surface area (Å²) in [5.41, 5.74) is 4.59. The van der Waals surface area contributed by atoms with E-state index in [4.69, 9.17) is 0 Å². The van der Waals surface area contributed by atoms with Gasteiger partial charge < -0.3 is 4.74 Å². The van der Waals surface area contributed by atoms with Gasteiger partial charge in [-0.1, -0.05) is 42.4 Å². The van der Waals surface area contributed by atoms with Crippen molar-refractivity contribution in [2.24, 2.45) is 0 Å². The second-order valence-electron chi connectivity index (χ2n) is 4.71. The van der Waals surface area contributed by atoms with Crippen LogP contribution in [-0.4, -0.2) is 14.5 Å². The van der Waals surface area contributed by atoms with Crippen LogP contribution in [0, 0.1) is 6.92 Å². The Morgan fingerprint density at radius 3 is 2.45 bits per heavy atom. The van der Waals surface area contributed by atoms with Gasteiger partial charge in [-0.05, 0) is 41.3 Å². The Morgan fingerprint density at radius 1 is 1.15 bits per heavy atom. The summed E-state index contributed by atoms with van der Waals surface area (Å²) < 4.78 is 28.9. The number of hydrogen-bond acceptors (Lipinski definition) is 1. The summed E-state index contributed by atoms with van der Waals surface area (Å²) in [6.07, 6.45) is 0. The maximum atomic E-state index is 12.2. The van der Waals surface area contributed by atoms with Crippen LogP contribution in [0.2, 0.25) is 0 Å². The third-order valence-corrected chi connectivity index (χ3v) is 3.11. The topological polar surface area (TPSA) is 9.23 Å². The van der Waals surface area contributed by atoms with Crippen LogP contribution in [0.15, 0.2) is 49.0 Å². The Kier molecular flexibility index (Phi) is 4.23. The molecule has 2 rings (SSSR count). The van der Waals surface area contributed by atoms with E-state index in [1.54, 1.807) is 19.1 Å². The fraction of sp³-hybridized carbons (Fsp3) is 0.125. The predicted molar refractivity (Wildman–Crippen MR) is 80.6 cm³/mol. The quantitative estimate of drug-likeness (QED) is 0.777. The summed E-state index contributed by atoms with van der Waals surface area (Å²) in [6, 6.07) is 13.1. The largest absolute Gasteiger partial charge is 0.435 e. The Hall–Kier alpha value is -2.10. The van der Waals surface area contributed by atoms with Gasteiger partial charge in [0.05, 0.1) is 0 Å². The average molecular weight is 272 g/mol. The first-order chi connectivity index (χ1) is 9.47. The molecule has 0 atom stereocenters. The predicted octanol–water partition coefficient (Wildman–Crippen LogP) is 2.92. The molecule has 0 N–H and O–H groups in total. The number of alkyl halides is 2. The van der Waals surface area contributed by atoms with Crippen LogP contribution >= 0.6 is 0 Å². The third-order valence-electron chi connectivity index (χ3n) is 3.11. The van der Waals surface area contributed by atoms with Crippen LogP contribution in [0.5, 0.6) is 5.75 Å². The second-order valence-corrected chi connectivity index (χ2v) is 4.71. The van der Waals surface area contributed by atoms with Crippen molar-refractivity contribution in [2.45, 2.75) is 13.5 Å². The molecule has 0 aliphatic carbocycles. The summed E-state index contributed by atoms with van der Waals surface area (Å²) in [6.45, 7) is 3.01. The highest BCUT2D eigenvalue weighted by atomic mass is 19.3. The van der Waals surface area contributed by atoms with Crippen molar-refractivity contribution in [3.63, 3.8) is 0 Å². The normalized spacial score (nSPS) is 10.6. The van der Waals surface area contributed by atoms with Crippen LogP contribution in [0.25, 0.3) is 5.57 Å². The van der Waals surface area contributed by atoms with Gasteiger partial charge in [-0.25, -0.2) is 0 Å². The zero-order valence-electron chi connectivity index (χ0n) is 11.5. The first-order valence-electron chi connectivity index (χ1n) is 6.29. The van der Waals surface area contributed by atoms with Crippen molar-refractivity contribution in [1.29, 1.82) is 0 Å². The number of rotatable bonds is 4. The summed E-state index contributed by atoms with van der Waals surface area (Å²) in [5, 5.41) is 0. The van der Waals surface area contributed by atoms with E-state index in [0.29, 0.717) is 5.56 Å². The molecule has 0 aliphatic rings. The lowest BCUT2D eigenvalue weighted by molar-refractivity contribution is -0.0502. The highest BCUT2D eigenvalue weighted by Gasteiger charge is 2.09. The minimum atomic E-state index is -2.81. The monoisotopic (exact) mass is 272 g/mol. The summed E-state index contributed by atoms with van der Waals surface area (Å²) in [4.78, 5) is 0. The number of halogens is 2. The standard InChI is InChI=1S/C16H15BF2O/c1-10-8-13(6-7-15(10)20-16(18)19)11(2)12-4-3-5-14(17)9-12/h3-9,16H,2,17H2,1H3. The molecule has 0 aromatic heterocycles.